The summed E-state index contributed by atoms with van der Waals surface area (Å²) in [5, 5.41) is 1.08. The molecule has 0 radical (unpaired) electrons. The maximum absolute atomic E-state index is 5.93. The third-order valence-corrected chi connectivity index (χ3v) is 4.17. The monoisotopic (exact) mass is 386 g/mol. The molecule has 0 amide bonds. The SMILES string of the molecule is CN(C)CCOc1ccc2cc(/C=C/c3ccc(N(C)C)cc3)oc2c1.Cl. The zero-order valence-corrected chi connectivity index (χ0v) is 17.1. The number of rotatable bonds is 7. The van der Waals surface area contributed by atoms with E-state index in [-0.39, 0.29) is 12.4 Å². The molecule has 1 aromatic heterocycles. The zero-order chi connectivity index (χ0) is 18.5. The molecule has 0 saturated heterocycles. The molecule has 0 unspecified atom stereocenters. The molecule has 5 heteroatoms. The Bertz CT molecular complexity index is 883. The van der Waals surface area contributed by atoms with E-state index >= 15 is 0 Å². The molecule has 0 fully saturated rings. The van der Waals surface area contributed by atoms with Crippen molar-refractivity contribution in [2.24, 2.45) is 0 Å². The molecule has 27 heavy (non-hydrogen) atoms. The zero-order valence-electron chi connectivity index (χ0n) is 16.3. The molecule has 0 N–H and O–H groups in total. The van der Waals surface area contributed by atoms with Gasteiger partial charge in [-0.05, 0) is 56.1 Å². The quantitative estimate of drug-likeness (QED) is 0.569. The lowest BCUT2D eigenvalue weighted by Gasteiger charge is -2.11. The van der Waals surface area contributed by atoms with Crippen molar-refractivity contribution in [3.05, 3.63) is 59.9 Å². The summed E-state index contributed by atoms with van der Waals surface area (Å²) < 4.78 is 11.7. The van der Waals surface area contributed by atoms with Gasteiger partial charge < -0.3 is 19.0 Å². The average Bonchev–Trinajstić information content (AvgIpc) is 3.02. The Labute approximate surface area is 167 Å². The highest BCUT2D eigenvalue weighted by Gasteiger charge is 2.04. The van der Waals surface area contributed by atoms with Gasteiger partial charge in [-0.2, -0.15) is 0 Å². The van der Waals surface area contributed by atoms with E-state index in [1.54, 1.807) is 0 Å². The number of anilines is 1. The van der Waals surface area contributed by atoms with Crippen LogP contribution < -0.4 is 9.64 Å². The molecular weight excluding hydrogens is 360 g/mol. The first-order chi connectivity index (χ1) is 12.5. The van der Waals surface area contributed by atoms with E-state index in [1.807, 2.05) is 58.5 Å². The number of benzene rings is 2. The van der Waals surface area contributed by atoms with Crippen LogP contribution in [0.3, 0.4) is 0 Å². The minimum atomic E-state index is 0. The summed E-state index contributed by atoms with van der Waals surface area (Å²) in [6.45, 7) is 1.55. The van der Waals surface area contributed by atoms with E-state index in [0.717, 1.165) is 34.6 Å². The van der Waals surface area contributed by atoms with E-state index in [2.05, 4.69) is 40.1 Å². The third kappa shape index (κ3) is 5.78. The van der Waals surface area contributed by atoms with Gasteiger partial charge in [0.15, 0.2) is 0 Å². The van der Waals surface area contributed by atoms with Gasteiger partial charge in [-0.3, -0.25) is 0 Å². The van der Waals surface area contributed by atoms with Crippen molar-refractivity contribution in [3.8, 4) is 5.75 Å². The largest absolute Gasteiger partial charge is 0.492 e. The Morgan fingerprint density at radius 2 is 1.67 bits per heavy atom. The third-order valence-electron chi connectivity index (χ3n) is 4.17. The van der Waals surface area contributed by atoms with Crippen molar-refractivity contribution in [2.75, 3.05) is 46.2 Å². The summed E-state index contributed by atoms with van der Waals surface area (Å²) >= 11 is 0. The molecular formula is C22H27ClN2O2. The second-order valence-corrected chi connectivity index (χ2v) is 6.82. The second-order valence-electron chi connectivity index (χ2n) is 6.82. The van der Waals surface area contributed by atoms with Crippen LogP contribution in [0.5, 0.6) is 5.75 Å². The Morgan fingerprint density at radius 1 is 0.926 bits per heavy atom. The fraction of sp³-hybridized carbons (Fsp3) is 0.273. The Morgan fingerprint density at radius 3 is 2.33 bits per heavy atom. The highest BCUT2D eigenvalue weighted by molar-refractivity contribution is 5.85. The number of ether oxygens (including phenoxy) is 1. The second kappa shape index (κ2) is 9.49. The molecule has 3 aromatic rings. The Balaban J connectivity index is 0.00000261. The minimum absolute atomic E-state index is 0. The van der Waals surface area contributed by atoms with E-state index in [0.29, 0.717) is 6.61 Å². The highest BCUT2D eigenvalue weighted by atomic mass is 35.5. The smallest absolute Gasteiger partial charge is 0.138 e. The summed E-state index contributed by atoms with van der Waals surface area (Å²) in [5.74, 6) is 1.67. The summed E-state index contributed by atoms with van der Waals surface area (Å²) in [6, 6.07) is 16.4. The predicted molar refractivity (Wildman–Crippen MR) is 117 cm³/mol. The average molecular weight is 387 g/mol. The van der Waals surface area contributed by atoms with Crippen molar-refractivity contribution < 1.29 is 9.15 Å². The molecule has 0 aliphatic carbocycles. The first-order valence-electron chi connectivity index (χ1n) is 8.78. The van der Waals surface area contributed by atoms with Crippen molar-refractivity contribution in [3.63, 3.8) is 0 Å². The molecule has 4 nitrogen and oxygen atoms in total. The van der Waals surface area contributed by atoms with Crippen LogP contribution in [0.2, 0.25) is 0 Å². The minimum Gasteiger partial charge on any atom is -0.492 e. The van der Waals surface area contributed by atoms with Gasteiger partial charge in [0.25, 0.3) is 0 Å². The van der Waals surface area contributed by atoms with Crippen molar-refractivity contribution in [1.82, 2.24) is 4.90 Å². The first kappa shape index (κ1) is 20.9. The molecule has 3 rings (SSSR count). The van der Waals surface area contributed by atoms with Gasteiger partial charge in [0.2, 0.25) is 0 Å². The Kier molecular flexibility index (Phi) is 7.34. The highest BCUT2D eigenvalue weighted by Crippen LogP contribution is 2.25. The number of hydrogen-bond acceptors (Lipinski definition) is 4. The van der Waals surface area contributed by atoms with Crippen molar-refractivity contribution in [2.45, 2.75) is 0 Å². The number of likely N-dealkylation sites (N-methyl/N-ethyl adjacent to an activating group) is 1. The number of furan rings is 1. The fourth-order valence-electron chi connectivity index (χ4n) is 2.61. The first-order valence-corrected chi connectivity index (χ1v) is 8.78. The molecule has 144 valence electrons. The predicted octanol–water partition coefficient (Wildman–Crippen LogP) is 5.03. The van der Waals surface area contributed by atoms with Gasteiger partial charge in [-0.15, -0.1) is 12.4 Å². The normalized spacial score (nSPS) is 11.1. The van der Waals surface area contributed by atoms with E-state index in [1.165, 1.54) is 5.69 Å². The fourth-order valence-corrected chi connectivity index (χ4v) is 2.61. The van der Waals surface area contributed by atoms with E-state index in [9.17, 15) is 0 Å². The van der Waals surface area contributed by atoms with Crippen LogP contribution in [0, 0.1) is 0 Å². The van der Waals surface area contributed by atoms with Gasteiger partial charge in [-0.25, -0.2) is 0 Å². The number of hydrogen-bond donors (Lipinski definition) is 0. The van der Waals surface area contributed by atoms with Gasteiger partial charge >= 0.3 is 0 Å². The Hall–Kier alpha value is -2.43. The van der Waals surface area contributed by atoms with Crippen LogP contribution in [0.25, 0.3) is 23.1 Å². The summed E-state index contributed by atoms with van der Waals surface area (Å²) in [7, 11) is 8.15. The van der Waals surface area contributed by atoms with Gasteiger partial charge in [0.1, 0.15) is 23.7 Å². The molecule has 0 atom stereocenters. The lowest BCUT2D eigenvalue weighted by atomic mass is 10.1. The lowest BCUT2D eigenvalue weighted by Crippen LogP contribution is -2.19. The van der Waals surface area contributed by atoms with Crippen LogP contribution in [0.1, 0.15) is 11.3 Å². The van der Waals surface area contributed by atoms with E-state index in [4.69, 9.17) is 9.15 Å². The van der Waals surface area contributed by atoms with Crippen molar-refractivity contribution >= 4 is 41.2 Å². The van der Waals surface area contributed by atoms with Crippen LogP contribution in [0.15, 0.2) is 52.9 Å². The summed E-state index contributed by atoms with van der Waals surface area (Å²) in [5.41, 5.74) is 3.17. The lowest BCUT2D eigenvalue weighted by molar-refractivity contribution is 0.261. The molecule has 0 aliphatic rings. The molecule has 0 saturated carbocycles. The van der Waals surface area contributed by atoms with Crippen molar-refractivity contribution in [1.29, 1.82) is 0 Å². The maximum atomic E-state index is 5.93. The molecule has 1 heterocycles. The standard InChI is InChI=1S/C22H26N2O2.ClH/c1-23(2)13-14-25-20-12-8-18-15-21(26-22(18)16-20)11-7-17-5-9-19(10-6-17)24(3)4;/h5-12,15-16H,13-14H2,1-4H3;1H/b11-7+;. The number of nitrogens with zero attached hydrogens (tertiary/aromatic N) is 2. The van der Waals surface area contributed by atoms with Crippen LogP contribution >= 0.6 is 12.4 Å². The topological polar surface area (TPSA) is 28.9 Å². The van der Waals surface area contributed by atoms with Gasteiger partial charge in [0, 0.05) is 37.8 Å². The molecule has 0 bridgehead atoms. The maximum Gasteiger partial charge on any atom is 0.138 e. The summed E-state index contributed by atoms with van der Waals surface area (Å²) in [4.78, 5) is 4.18. The molecule has 0 aliphatic heterocycles. The number of halogens is 1. The molecule has 0 spiro atoms. The van der Waals surface area contributed by atoms with Gasteiger partial charge in [-0.1, -0.05) is 18.2 Å². The van der Waals surface area contributed by atoms with Crippen LogP contribution in [0.4, 0.5) is 5.69 Å². The van der Waals surface area contributed by atoms with E-state index < -0.39 is 0 Å². The van der Waals surface area contributed by atoms with Crippen LogP contribution in [-0.4, -0.2) is 46.2 Å². The van der Waals surface area contributed by atoms with Gasteiger partial charge in [0.05, 0.1) is 0 Å². The van der Waals surface area contributed by atoms with Crippen LogP contribution in [-0.2, 0) is 0 Å². The number of fused-ring (bicyclic) bond motifs is 1. The molecule has 2 aromatic carbocycles. The summed E-state index contributed by atoms with van der Waals surface area (Å²) in [6.07, 6.45) is 4.06.